The highest BCUT2D eigenvalue weighted by Crippen LogP contribution is 2.17. The minimum absolute atomic E-state index is 0.00187. The SMILES string of the molecule is Cc1ccc(CN(C)C(=O)CSc2nc3ccccc3c(=O)n2C)cc1. The molecule has 0 unspecified atom stereocenters. The normalized spacial score (nSPS) is 10.9. The summed E-state index contributed by atoms with van der Waals surface area (Å²) in [4.78, 5) is 31.1. The molecule has 0 aliphatic rings. The monoisotopic (exact) mass is 367 g/mol. The van der Waals surface area contributed by atoms with E-state index >= 15 is 0 Å². The van der Waals surface area contributed by atoms with E-state index in [-0.39, 0.29) is 17.2 Å². The number of aryl methyl sites for hydroxylation is 1. The standard InChI is InChI=1S/C20H21N3O2S/c1-14-8-10-15(11-9-14)12-22(2)18(24)13-26-20-21-17-7-5-4-6-16(17)19(25)23(20)3/h4-11H,12-13H2,1-3H3. The largest absolute Gasteiger partial charge is 0.341 e. The fraction of sp³-hybridized carbons (Fsp3) is 0.250. The molecule has 0 bridgehead atoms. The van der Waals surface area contributed by atoms with Gasteiger partial charge in [-0.2, -0.15) is 0 Å². The Morgan fingerprint density at radius 3 is 2.58 bits per heavy atom. The molecule has 26 heavy (non-hydrogen) atoms. The Morgan fingerprint density at radius 2 is 1.85 bits per heavy atom. The molecule has 134 valence electrons. The molecular formula is C20H21N3O2S. The average Bonchev–Trinajstić information content (AvgIpc) is 2.65. The van der Waals surface area contributed by atoms with Gasteiger partial charge in [-0.05, 0) is 24.6 Å². The third-order valence-corrected chi connectivity index (χ3v) is 5.25. The summed E-state index contributed by atoms with van der Waals surface area (Å²) in [5.74, 6) is 0.235. The number of benzene rings is 2. The molecule has 6 heteroatoms. The highest BCUT2D eigenvalue weighted by Gasteiger charge is 2.13. The number of aromatic nitrogens is 2. The van der Waals surface area contributed by atoms with Crippen LogP contribution in [0.3, 0.4) is 0 Å². The zero-order chi connectivity index (χ0) is 18.7. The molecule has 1 amide bonds. The van der Waals surface area contributed by atoms with Crippen molar-refractivity contribution in [2.45, 2.75) is 18.6 Å². The second-order valence-electron chi connectivity index (χ2n) is 6.30. The second-order valence-corrected chi connectivity index (χ2v) is 7.24. The van der Waals surface area contributed by atoms with E-state index < -0.39 is 0 Å². The van der Waals surface area contributed by atoms with E-state index in [1.54, 1.807) is 25.1 Å². The van der Waals surface area contributed by atoms with Gasteiger partial charge in [-0.15, -0.1) is 0 Å². The van der Waals surface area contributed by atoms with Crippen LogP contribution >= 0.6 is 11.8 Å². The molecule has 2 aromatic carbocycles. The van der Waals surface area contributed by atoms with Gasteiger partial charge in [-0.25, -0.2) is 4.98 Å². The number of carbonyl (C=O) groups is 1. The maximum Gasteiger partial charge on any atom is 0.261 e. The number of hydrogen-bond donors (Lipinski definition) is 0. The lowest BCUT2D eigenvalue weighted by molar-refractivity contribution is -0.127. The van der Waals surface area contributed by atoms with E-state index in [0.717, 1.165) is 5.56 Å². The molecule has 0 radical (unpaired) electrons. The molecule has 0 aliphatic carbocycles. The van der Waals surface area contributed by atoms with Gasteiger partial charge in [0.1, 0.15) is 0 Å². The van der Waals surface area contributed by atoms with Gasteiger partial charge < -0.3 is 4.90 Å². The van der Waals surface area contributed by atoms with Gasteiger partial charge in [0, 0.05) is 20.6 Å². The van der Waals surface area contributed by atoms with E-state index in [0.29, 0.717) is 22.6 Å². The number of para-hydroxylation sites is 1. The highest BCUT2D eigenvalue weighted by atomic mass is 32.2. The molecule has 0 saturated carbocycles. The predicted octanol–water partition coefficient (Wildman–Crippen LogP) is 2.99. The molecule has 0 atom stereocenters. The van der Waals surface area contributed by atoms with Crippen LogP contribution in [0.4, 0.5) is 0 Å². The molecule has 0 N–H and O–H groups in total. The van der Waals surface area contributed by atoms with Gasteiger partial charge in [-0.3, -0.25) is 14.2 Å². The Hall–Kier alpha value is -2.60. The maximum atomic E-state index is 12.4. The van der Waals surface area contributed by atoms with Crippen molar-refractivity contribution in [2.24, 2.45) is 7.05 Å². The summed E-state index contributed by atoms with van der Waals surface area (Å²) >= 11 is 1.29. The van der Waals surface area contributed by atoms with Crippen molar-refractivity contribution in [1.29, 1.82) is 0 Å². The minimum Gasteiger partial charge on any atom is -0.341 e. The van der Waals surface area contributed by atoms with Gasteiger partial charge in [-0.1, -0.05) is 53.7 Å². The molecule has 3 aromatic rings. The van der Waals surface area contributed by atoms with Crippen LogP contribution in [0.25, 0.3) is 10.9 Å². The summed E-state index contributed by atoms with van der Waals surface area (Å²) < 4.78 is 1.50. The smallest absolute Gasteiger partial charge is 0.261 e. The lowest BCUT2D eigenvalue weighted by Gasteiger charge is -2.17. The first-order valence-corrected chi connectivity index (χ1v) is 9.32. The van der Waals surface area contributed by atoms with E-state index in [4.69, 9.17) is 0 Å². The molecule has 5 nitrogen and oxygen atoms in total. The van der Waals surface area contributed by atoms with Crippen molar-refractivity contribution in [3.63, 3.8) is 0 Å². The van der Waals surface area contributed by atoms with Crippen molar-refractivity contribution in [2.75, 3.05) is 12.8 Å². The number of fused-ring (bicyclic) bond motifs is 1. The van der Waals surface area contributed by atoms with E-state index in [2.05, 4.69) is 4.98 Å². The lowest BCUT2D eigenvalue weighted by atomic mass is 10.1. The number of nitrogens with zero attached hydrogens (tertiary/aromatic N) is 3. The van der Waals surface area contributed by atoms with Gasteiger partial charge in [0.2, 0.25) is 5.91 Å². The zero-order valence-electron chi connectivity index (χ0n) is 15.1. The fourth-order valence-electron chi connectivity index (χ4n) is 2.62. The molecule has 1 aromatic heterocycles. The Morgan fingerprint density at radius 1 is 1.15 bits per heavy atom. The Labute approximate surface area is 156 Å². The Bertz CT molecular complexity index is 996. The van der Waals surface area contributed by atoms with Crippen molar-refractivity contribution >= 4 is 28.6 Å². The minimum atomic E-state index is -0.0986. The summed E-state index contributed by atoms with van der Waals surface area (Å²) in [6, 6.07) is 15.4. The van der Waals surface area contributed by atoms with Crippen molar-refractivity contribution in [3.8, 4) is 0 Å². The second kappa shape index (κ2) is 7.74. The summed E-state index contributed by atoms with van der Waals surface area (Å²) in [7, 11) is 3.47. The summed E-state index contributed by atoms with van der Waals surface area (Å²) in [6.45, 7) is 2.60. The fourth-order valence-corrected chi connectivity index (χ4v) is 3.53. The van der Waals surface area contributed by atoms with Gasteiger partial charge in [0.25, 0.3) is 5.56 Å². The number of hydrogen-bond acceptors (Lipinski definition) is 4. The third kappa shape index (κ3) is 3.96. The van der Waals surface area contributed by atoms with Crippen LogP contribution in [0, 0.1) is 6.92 Å². The Balaban J connectivity index is 1.69. The van der Waals surface area contributed by atoms with Gasteiger partial charge >= 0.3 is 0 Å². The number of amides is 1. The number of carbonyl (C=O) groups excluding carboxylic acids is 1. The predicted molar refractivity (Wildman–Crippen MR) is 105 cm³/mol. The number of rotatable bonds is 5. The Kier molecular flexibility index (Phi) is 5.42. The molecule has 0 aliphatic heterocycles. The van der Waals surface area contributed by atoms with Crippen molar-refractivity contribution < 1.29 is 4.79 Å². The summed E-state index contributed by atoms with van der Waals surface area (Å²) in [5.41, 5.74) is 2.84. The van der Waals surface area contributed by atoms with Gasteiger partial charge in [0.15, 0.2) is 5.16 Å². The van der Waals surface area contributed by atoms with Gasteiger partial charge in [0.05, 0.1) is 16.7 Å². The van der Waals surface area contributed by atoms with Crippen molar-refractivity contribution in [3.05, 3.63) is 70.0 Å². The quantitative estimate of drug-likeness (QED) is 0.514. The highest BCUT2D eigenvalue weighted by molar-refractivity contribution is 7.99. The molecule has 0 spiro atoms. The molecule has 3 rings (SSSR count). The third-order valence-electron chi connectivity index (χ3n) is 4.23. The molecular weight excluding hydrogens is 346 g/mol. The lowest BCUT2D eigenvalue weighted by Crippen LogP contribution is -2.28. The van der Waals surface area contributed by atoms with Crippen molar-refractivity contribution in [1.82, 2.24) is 14.5 Å². The molecule has 0 fully saturated rings. The van der Waals surface area contributed by atoms with Crippen LogP contribution in [0.1, 0.15) is 11.1 Å². The summed E-state index contributed by atoms with van der Waals surface area (Å²) in [6.07, 6.45) is 0. The summed E-state index contributed by atoms with van der Waals surface area (Å²) in [5, 5.41) is 1.13. The van der Waals surface area contributed by atoms with E-state index in [1.807, 2.05) is 49.4 Å². The topological polar surface area (TPSA) is 55.2 Å². The van der Waals surface area contributed by atoms with Crippen LogP contribution in [-0.4, -0.2) is 33.2 Å². The maximum absolute atomic E-state index is 12.4. The number of thioether (sulfide) groups is 1. The van der Waals surface area contributed by atoms with Crippen LogP contribution in [-0.2, 0) is 18.4 Å². The first-order valence-electron chi connectivity index (χ1n) is 8.34. The van der Waals surface area contributed by atoms with Crippen LogP contribution < -0.4 is 5.56 Å². The van der Waals surface area contributed by atoms with E-state index in [9.17, 15) is 9.59 Å². The van der Waals surface area contributed by atoms with E-state index in [1.165, 1.54) is 21.9 Å². The molecule has 0 saturated heterocycles. The van der Waals surface area contributed by atoms with Crippen LogP contribution in [0.2, 0.25) is 0 Å². The molecule has 1 heterocycles. The zero-order valence-corrected chi connectivity index (χ0v) is 15.9. The first kappa shape index (κ1) is 18.2. The van der Waals surface area contributed by atoms with Crippen LogP contribution in [0.5, 0.6) is 0 Å². The average molecular weight is 367 g/mol. The van der Waals surface area contributed by atoms with Crippen LogP contribution in [0.15, 0.2) is 58.5 Å². The first-order chi connectivity index (χ1) is 12.5.